The average Bonchev–Trinajstić information content (AvgIpc) is 3.41. The highest BCUT2D eigenvalue weighted by Gasteiger charge is 2.27. The summed E-state index contributed by atoms with van der Waals surface area (Å²) in [6, 6.07) is 8.61. The maximum absolute atomic E-state index is 12.9. The van der Waals surface area contributed by atoms with Crippen LogP contribution in [0.4, 0.5) is 5.00 Å². The fourth-order valence-electron chi connectivity index (χ4n) is 3.53. The summed E-state index contributed by atoms with van der Waals surface area (Å²) in [4.78, 5) is 26.7. The molecule has 0 fully saturated rings. The monoisotopic (exact) mass is 473 g/mol. The van der Waals surface area contributed by atoms with E-state index in [0.29, 0.717) is 27.9 Å². The van der Waals surface area contributed by atoms with Gasteiger partial charge >= 0.3 is 5.97 Å². The predicted octanol–water partition coefficient (Wildman–Crippen LogP) is 5.33. The highest BCUT2D eigenvalue weighted by atomic mass is 35.5. The van der Waals surface area contributed by atoms with E-state index in [2.05, 4.69) is 10.4 Å². The number of aryl methyl sites for hydroxylation is 1. The molecule has 1 amide bonds. The molecule has 0 unspecified atom stereocenters. The number of nitrogens with one attached hydrogen (secondary N) is 1. The number of thiophene rings is 1. The van der Waals surface area contributed by atoms with Crippen LogP contribution in [0.25, 0.3) is 0 Å². The van der Waals surface area contributed by atoms with Crippen LogP contribution in [0.2, 0.25) is 5.02 Å². The van der Waals surface area contributed by atoms with E-state index in [4.69, 9.17) is 21.1 Å². The number of amides is 1. The molecular weight excluding hydrogens is 450 g/mol. The first-order chi connectivity index (χ1) is 15.5. The van der Waals surface area contributed by atoms with Crippen molar-refractivity contribution < 1.29 is 19.1 Å². The molecule has 0 radical (unpaired) electrons. The van der Waals surface area contributed by atoms with Crippen LogP contribution in [0.1, 0.15) is 57.5 Å². The molecule has 1 aliphatic rings. The Morgan fingerprint density at radius 2 is 1.97 bits per heavy atom. The lowest BCUT2D eigenvalue weighted by atomic mass is 9.95. The van der Waals surface area contributed by atoms with Crippen LogP contribution in [-0.2, 0) is 24.3 Å². The smallest absolute Gasteiger partial charge is 0.341 e. The number of nitrogens with zero attached hydrogens (tertiary/aromatic N) is 2. The molecular formula is C23H24ClN3O4S. The standard InChI is InChI=1S/C23H24ClN3O4S/c1-2-13-30-23(29)20-17-5-3-4-6-19(17)32-22(20)25-21(28)18-11-12-27(26-18)14-31-16-9-7-15(24)8-10-16/h7-12H,2-6,13-14H2,1H3,(H,25,28). The molecule has 2 aromatic heterocycles. The molecule has 0 aliphatic heterocycles. The molecule has 0 bridgehead atoms. The zero-order valence-electron chi connectivity index (χ0n) is 17.7. The molecule has 32 heavy (non-hydrogen) atoms. The number of aromatic nitrogens is 2. The number of esters is 1. The van der Waals surface area contributed by atoms with Gasteiger partial charge in [-0.15, -0.1) is 11.3 Å². The first-order valence-corrected chi connectivity index (χ1v) is 11.8. The quantitative estimate of drug-likeness (QED) is 0.447. The van der Waals surface area contributed by atoms with Crippen LogP contribution in [-0.4, -0.2) is 28.3 Å². The molecule has 1 aliphatic carbocycles. The molecule has 9 heteroatoms. The van der Waals surface area contributed by atoms with Crippen molar-refractivity contribution in [2.45, 2.75) is 45.8 Å². The lowest BCUT2D eigenvalue weighted by Gasteiger charge is -2.12. The van der Waals surface area contributed by atoms with Gasteiger partial charge in [-0.1, -0.05) is 18.5 Å². The number of ether oxygens (including phenoxy) is 2. The molecule has 7 nitrogen and oxygen atoms in total. The van der Waals surface area contributed by atoms with Gasteiger partial charge in [-0.05, 0) is 68.0 Å². The average molecular weight is 474 g/mol. The second-order valence-corrected chi connectivity index (χ2v) is 9.01. The largest absolute Gasteiger partial charge is 0.471 e. The Balaban J connectivity index is 1.46. The van der Waals surface area contributed by atoms with Crippen LogP contribution in [0.15, 0.2) is 36.5 Å². The van der Waals surface area contributed by atoms with Crippen LogP contribution in [0, 0.1) is 0 Å². The van der Waals surface area contributed by atoms with Crippen LogP contribution >= 0.6 is 22.9 Å². The highest BCUT2D eigenvalue weighted by molar-refractivity contribution is 7.17. The number of anilines is 1. The van der Waals surface area contributed by atoms with Crippen molar-refractivity contribution in [2.75, 3.05) is 11.9 Å². The Morgan fingerprint density at radius 1 is 1.19 bits per heavy atom. The van der Waals surface area contributed by atoms with E-state index in [1.165, 1.54) is 16.0 Å². The minimum absolute atomic E-state index is 0.150. The van der Waals surface area contributed by atoms with E-state index in [1.807, 2.05) is 6.92 Å². The third kappa shape index (κ3) is 5.14. The van der Waals surface area contributed by atoms with Gasteiger partial charge in [0.25, 0.3) is 5.91 Å². The van der Waals surface area contributed by atoms with Crippen molar-refractivity contribution >= 4 is 39.8 Å². The van der Waals surface area contributed by atoms with E-state index in [-0.39, 0.29) is 24.3 Å². The summed E-state index contributed by atoms with van der Waals surface area (Å²) in [6.45, 7) is 2.46. The summed E-state index contributed by atoms with van der Waals surface area (Å²) < 4.78 is 12.6. The maximum Gasteiger partial charge on any atom is 0.341 e. The molecule has 0 saturated carbocycles. The second-order valence-electron chi connectivity index (χ2n) is 7.47. The third-order valence-corrected chi connectivity index (χ3v) is 6.55. The number of carbonyl (C=O) groups excluding carboxylic acids is 2. The summed E-state index contributed by atoms with van der Waals surface area (Å²) in [5.41, 5.74) is 1.75. The van der Waals surface area contributed by atoms with E-state index in [0.717, 1.165) is 42.5 Å². The molecule has 4 rings (SSSR count). The normalized spacial score (nSPS) is 12.8. The zero-order chi connectivity index (χ0) is 22.5. The van der Waals surface area contributed by atoms with Crippen molar-refractivity contribution in [1.82, 2.24) is 9.78 Å². The number of benzene rings is 1. The van der Waals surface area contributed by atoms with Gasteiger partial charge in [0.2, 0.25) is 0 Å². The lowest BCUT2D eigenvalue weighted by Crippen LogP contribution is -2.17. The van der Waals surface area contributed by atoms with Gasteiger partial charge in [-0.3, -0.25) is 4.79 Å². The molecule has 0 spiro atoms. The van der Waals surface area contributed by atoms with Gasteiger partial charge in [0.15, 0.2) is 12.4 Å². The van der Waals surface area contributed by atoms with Crippen molar-refractivity contribution in [3.05, 3.63) is 63.2 Å². The van der Waals surface area contributed by atoms with Crippen LogP contribution in [0.5, 0.6) is 5.75 Å². The summed E-state index contributed by atoms with van der Waals surface area (Å²) >= 11 is 7.34. The topological polar surface area (TPSA) is 82.5 Å². The summed E-state index contributed by atoms with van der Waals surface area (Å²) in [5.74, 6) is -0.0999. The number of carbonyl (C=O) groups is 2. The van der Waals surface area contributed by atoms with Gasteiger partial charge in [0.1, 0.15) is 10.8 Å². The number of hydrogen-bond donors (Lipinski definition) is 1. The lowest BCUT2D eigenvalue weighted by molar-refractivity contribution is 0.0505. The zero-order valence-corrected chi connectivity index (χ0v) is 19.3. The fourth-order valence-corrected chi connectivity index (χ4v) is 4.93. The third-order valence-electron chi connectivity index (χ3n) is 5.09. The van der Waals surface area contributed by atoms with E-state index >= 15 is 0 Å². The maximum atomic E-state index is 12.9. The Hall–Kier alpha value is -2.84. The first kappa shape index (κ1) is 22.4. The Kier molecular flexibility index (Phi) is 7.12. The summed E-state index contributed by atoms with van der Waals surface area (Å²) in [7, 11) is 0. The number of rotatable bonds is 8. The van der Waals surface area contributed by atoms with E-state index in [1.54, 1.807) is 36.5 Å². The number of hydrogen-bond acceptors (Lipinski definition) is 6. The SMILES string of the molecule is CCCOC(=O)c1c(NC(=O)c2ccn(COc3ccc(Cl)cc3)n2)sc2c1CCCC2. The minimum Gasteiger partial charge on any atom is -0.471 e. The number of fused-ring (bicyclic) bond motifs is 1. The van der Waals surface area contributed by atoms with Crippen molar-refractivity contribution in [3.63, 3.8) is 0 Å². The Labute approximate surface area is 195 Å². The molecule has 168 valence electrons. The molecule has 0 atom stereocenters. The number of halogens is 1. The Morgan fingerprint density at radius 3 is 2.75 bits per heavy atom. The predicted molar refractivity (Wildman–Crippen MR) is 124 cm³/mol. The molecule has 1 N–H and O–H groups in total. The van der Waals surface area contributed by atoms with Crippen molar-refractivity contribution in [2.24, 2.45) is 0 Å². The highest BCUT2D eigenvalue weighted by Crippen LogP contribution is 2.38. The molecule has 1 aromatic carbocycles. The van der Waals surface area contributed by atoms with Crippen molar-refractivity contribution in [1.29, 1.82) is 0 Å². The summed E-state index contributed by atoms with van der Waals surface area (Å²) in [5, 5.41) is 8.33. The molecule has 0 saturated heterocycles. The van der Waals surface area contributed by atoms with Crippen LogP contribution in [0.3, 0.4) is 0 Å². The van der Waals surface area contributed by atoms with E-state index < -0.39 is 0 Å². The first-order valence-electron chi connectivity index (χ1n) is 10.6. The van der Waals surface area contributed by atoms with Gasteiger partial charge < -0.3 is 14.8 Å². The van der Waals surface area contributed by atoms with Gasteiger partial charge in [0, 0.05) is 16.1 Å². The fraction of sp³-hybridized carbons (Fsp3) is 0.348. The van der Waals surface area contributed by atoms with E-state index in [9.17, 15) is 9.59 Å². The molecule has 2 heterocycles. The Bertz CT molecular complexity index is 1110. The van der Waals surface area contributed by atoms with Gasteiger partial charge in [-0.25, -0.2) is 9.48 Å². The van der Waals surface area contributed by atoms with Gasteiger partial charge in [0.05, 0.1) is 12.2 Å². The summed E-state index contributed by atoms with van der Waals surface area (Å²) in [6.07, 6.45) is 6.27. The molecule has 3 aromatic rings. The van der Waals surface area contributed by atoms with Crippen LogP contribution < -0.4 is 10.1 Å². The van der Waals surface area contributed by atoms with Gasteiger partial charge in [-0.2, -0.15) is 5.10 Å². The minimum atomic E-state index is -0.376. The second kappa shape index (κ2) is 10.2. The van der Waals surface area contributed by atoms with Crippen molar-refractivity contribution in [3.8, 4) is 5.75 Å².